The first kappa shape index (κ1) is 12.3. The van der Waals surface area contributed by atoms with Crippen molar-refractivity contribution in [3.8, 4) is 6.07 Å². The van der Waals surface area contributed by atoms with Gasteiger partial charge in [0.15, 0.2) is 0 Å². The molecule has 0 atom stereocenters. The summed E-state index contributed by atoms with van der Waals surface area (Å²) in [5.74, 6) is -1.01. The lowest BCUT2D eigenvalue weighted by Crippen LogP contribution is -2.04. The maximum absolute atomic E-state index is 12.6. The summed E-state index contributed by atoms with van der Waals surface area (Å²) < 4.78 is 25.2. The Morgan fingerprint density at radius 2 is 2.31 bits per heavy atom. The number of nitriles is 1. The molecule has 0 N–H and O–H groups in total. The summed E-state index contributed by atoms with van der Waals surface area (Å²) >= 11 is 5.44. The van der Waals surface area contributed by atoms with Crippen LogP contribution in [0.4, 0.5) is 14.6 Å². The van der Waals surface area contributed by atoms with Crippen molar-refractivity contribution in [3.63, 3.8) is 0 Å². The minimum Gasteiger partial charge on any atom is -0.358 e. The van der Waals surface area contributed by atoms with Gasteiger partial charge < -0.3 is 10.1 Å². The van der Waals surface area contributed by atoms with Crippen molar-refractivity contribution in [1.82, 2.24) is 4.98 Å². The Balaban J connectivity index is 3.48. The molecule has 0 aromatic carbocycles. The van der Waals surface area contributed by atoms with Crippen molar-refractivity contribution >= 4 is 17.4 Å². The van der Waals surface area contributed by atoms with Gasteiger partial charge in [-0.1, -0.05) is 0 Å². The van der Waals surface area contributed by atoms with Crippen molar-refractivity contribution in [2.24, 2.45) is 0 Å². The summed E-state index contributed by atoms with van der Waals surface area (Å²) in [6.45, 7) is 0. The van der Waals surface area contributed by atoms with Crippen LogP contribution in [-0.4, -0.2) is 9.91 Å². The van der Waals surface area contributed by atoms with E-state index in [-0.39, 0.29) is 17.1 Å². The van der Waals surface area contributed by atoms with Gasteiger partial charge in [0.05, 0.1) is 12.5 Å². The number of hydrogen-bond donors (Lipinski definition) is 0. The van der Waals surface area contributed by atoms with Crippen molar-refractivity contribution in [2.75, 3.05) is 0 Å². The summed E-state index contributed by atoms with van der Waals surface area (Å²) in [6.07, 6.45) is -3.46. The van der Waals surface area contributed by atoms with Gasteiger partial charge in [-0.3, -0.25) is 0 Å². The molecule has 1 aromatic heterocycles. The van der Waals surface area contributed by atoms with E-state index >= 15 is 0 Å². The quantitative estimate of drug-likeness (QED) is 0.467. The molecule has 5 nitrogen and oxygen atoms in total. The smallest absolute Gasteiger partial charge is 0.358 e. The highest BCUT2D eigenvalue weighted by atomic mass is 35.5. The Morgan fingerprint density at radius 1 is 1.69 bits per heavy atom. The van der Waals surface area contributed by atoms with E-state index < -0.39 is 22.7 Å². The number of alkyl halides is 2. The largest absolute Gasteiger partial charge is 0.374 e. The van der Waals surface area contributed by atoms with Crippen LogP contribution in [0.25, 0.3) is 0 Å². The van der Waals surface area contributed by atoms with Crippen molar-refractivity contribution in [1.29, 1.82) is 5.26 Å². The van der Waals surface area contributed by atoms with Gasteiger partial charge in [-0.15, -0.1) is 0 Å². The first-order valence-electron chi connectivity index (χ1n) is 3.96. The van der Waals surface area contributed by atoms with Gasteiger partial charge in [0.2, 0.25) is 5.15 Å². The zero-order valence-corrected chi connectivity index (χ0v) is 8.41. The van der Waals surface area contributed by atoms with Gasteiger partial charge >= 0.3 is 5.82 Å². The highest BCUT2D eigenvalue weighted by molar-refractivity contribution is 6.29. The average Bonchev–Trinajstić information content (AvgIpc) is 2.16. The second-order valence-electron chi connectivity index (χ2n) is 2.73. The number of halogens is 3. The van der Waals surface area contributed by atoms with E-state index in [0.29, 0.717) is 0 Å². The second kappa shape index (κ2) is 4.81. The third kappa shape index (κ3) is 2.41. The Labute approximate surface area is 93.4 Å². The van der Waals surface area contributed by atoms with Crippen molar-refractivity contribution in [2.45, 2.75) is 12.8 Å². The lowest BCUT2D eigenvalue weighted by atomic mass is 10.1. The van der Waals surface area contributed by atoms with Crippen molar-refractivity contribution < 1.29 is 13.7 Å². The first-order valence-corrected chi connectivity index (χ1v) is 4.34. The SMILES string of the molecule is N#CCc1cc(Cl)nc([N+](=O)[O-])c1C(F)F. The number of nitrogens with zero attached hydrogens (tertiary/aromatic N) is 3. The summed E-state index contributed by atoms with van der Waals surface area (Å²) in [4.78, 5) is 12.7. The zero-order chi connectivity index (χ0) is 12.3. The van der Waals surface area contributed by atoms with E-state index in [0.717, 1.165) is 6.07 Å². The number of rotatable bonds is 3. The number of nitro groups is 1. The molecule has 0 saturated heterocycles. The molecule has 0 spiro atoms. The standard InChI is InChI=1S/C8H4ClF2N3O2/c9-5-3-4(1-2-12)6(7(10)11)8(13-5)14(15)16/h3,7H,1H2. The number of pyridine rings is 1. The maximum atomic E-state index is 12.6. The fourth-order valence-electron chi connectivity index (χ4n) is 1.17. The van der Waals surface area contributed by atoms with Gasteiger partial charge in [-0.25, -0.2) is 8.78 Å². The van der Waals surface area contributed by atoms with E-state index in [2.05, 4.69) is 4.98 Å². The molecule has 0 radical (unpaired) electrons. The minimum atomic E-state index is -3.08. The molecule has 0 bridgehead atoms. The van der Waals surface area contributed by atoms with Gasteiger partial charge in [0.25, 0.3) is 6.43 Å². The normalized spacial score (nSPS) is 10.2. The topological polar surface area (TPSA) is 79.8 Å². The summed E-state index contributed by atoms with van der Waals surface area (Å²) in [5.41, 5.74) is -1.03. The third-order valence-corrected chi connectivity index (χ3v) is 1.95. The van der Waals surface area contributed by atoms with Crippen LogP contribution >= 0.6 is 11.6 Å². The molecule has 84 valence electrons. The van der Waals surface area contributed by atoms with Crippen LogP contribution in [0.1, 0.15) is 17.6 Å². The van der Waals surface area contributed by atoms with Gasteiger partial charge in [0.1, 0.15) is 5.56 Å². The van der Waals surface area contributed by atoms with Crippen LogP contribution in [0.5, 0.6) is 0 Å². The van der Waals surface area contributed by atoms with E-state index in [1.165, 1.54) is 0 Å². The van der Waals surface area contributed by atoms with E-state index in [9.17, 15) is 18.9 Å². The summed E-state index contributed by atoms with van der Waals surface area (Å²) in [6, 6.07) is 2.66. The lowest BCUT2D eigenvalue weighted by Gasteiger charge is -2.05. The highest BCUT2D eigenvalue weighted by Gasteiger charge is 2.28. The second-order valence-corrected chi connectivity index (χ2v) is 3.12. The van der Waals surface area contributed by atoms with E-state index in [4.69, 9.17) is 16.9 Å². The lowest BCUT2D eigenvalue weighted by molar-refractivity contribution is -0.391. The van der Waals surface area contributed by atoms with Crippen LogP contribution in [-0.2, 0) is 6.42 Å². The minimum absolute atomic E-state index is 0.177. The fourth-order valence-corrected chi connectivity index (χ4v) is 1.38. The van der Waals surface area contributed by atoms with Gasteiger partial charge in [-0.2, -0.15) is 5.26 Å². The molecule has 0 aliphatic carbocycles. The molecule has 0 unspecified atom stereocenters. The summed E-state index contributed by atoms with van der Waals surface area (Å²) in [7, 11) is 0. The molecule has 1 rings (SSSR count). The zero-order valence-electron chi connectivity index (χ0n) is 7.65. The molecule has 8 heteroatoms. The van der Waals surface area contributed by atoms with Crippen LogP contribution in [0.2, 0.25) is 5.15 Å². The Kier molecular flexibility index (Phi) is 3.68. The van der Waals surface area contributed by atoms with E-state index in [1.807, 2.05) is 0 Å². The van der Waals surface area contributed by atoms with Gasteiger partial charge in [-0.05, 0) is 27.1 Å². The third-order valence-electron chi connectivity index (χ3n) is 1.75. The maximum Gasteiger partial charge on any atom is 0.374 e. The Morgan fingerprint density at radius 3 is 2.75 bits per heavy atom. The molecule has 0 fully saturated rings. The summed E-state index contributed by atoms with van der Waals surface area (Å²) in [5, 5.41) is 18.6. The molecular formula is C8H4ClF2N3O2. The monoisotopic (exact) mass is 247 g/mol. The number of hydrogen-bond acceptors (Lipinski definition) is 4. The molecule has 0 amide bonds. The molecule has 1 heterocycles. The Hall–Kier alpha value is -1.81. The molecule has 0 aliphatic rings. The molecular weight excluding hydrogens is 244 g/mol. The van der Waals surface area contributed by atoms with Crippen LogP contribution in [0.15, 0.2) is 6.07 Å². The van der Waals surface area contributed by atoms with Crippen LogP contribution in [0, 0.1) is 21.4 Å². The predicted molar refractivity (Wildman–Crippen MR) is 50.2 cm³/mol. The molecule has 0 aliphatic heterocycles. The van der Waals surface area contributed by atoms with E-state index in [1.54, 1.807) is 6.07 Å². The average molecular weight is 248 g/mol. The molecule has 1 aromatic rings. The van der Waals surface area contributed by atoms with Crippen LogP contribution < -0.4 is 0 Å². The first-order chi connectivity index (χ1) is 7.47. The molecule has 0 saturated carbocycles. The fraction of sp³-hybridized carbons (Fsp3) is 0.250. The predicted octanol–water partition coefficient (Wildman–Crippen LogP) is 2.65. The number of aromatic nitrogens is 1. The Bertz CT molecular complexity index is 473. The highest BCUT2D eigenvalue weighted by Crippen LogP contribution is 2.32. The molecule has 16 heavy (non-hydrogen) atoms. The van der Waals surface area contributed by atoms with Crippen molar-refractivity contribution in [3.05, 3.63) is 32.5 Å². The van der Waals surface area contributed by atoms with Gasteiger partial charge in [0, 0.05) is 6.07 Å². The van der Waals surface area contributed by atoms with Crippen LogP contribution in [0.3, 0.4) is 0 Å².